The molecule has 0 aliphatic rings. The van der Waals surface area contributed by atoms with Crippen LogP contribution in [0.3, 0.4) is 0 Å². The summed E-state index contributed by atoms with van der Waals surface area (Å²) in [5.41, 5.74) is 2.69. The molecule has 0 heterocycles. The van der Waals surface area contributed by atoms with Crippen molar-refractivity contribution in [3.8, 4) is 0 Å². The third-order valence-electron chi connectivity index (χ3n) is 1.58. The second-order valence-corrected chi connectivity index (χ2v) is 3.99. The third-order valence-corrected chi connectivity index (χ3v) is 1.58. The normalized spacial score (nSPS) is 11.2. The van der Waals surface area contributed by atoms with Crippen molar-refractivity contribution in [2.24, 2.45) is 5.41 Å². The summed E-state index contributed by atoms with van der Waals surface area (Å²) in [6.07, 6.45) is 0.962. The highest BCUT2D eigenvalue weighted by Gasteiger charge is 2.13. The molecule has 0 heteroatoms. The van der Waals surface area contributed by atoms with E-state index in [1.807, 2.05) is 6.92 Å². The summed E-state index contributed by atoms with van der Waals surface area (Å²) in [5, 5.41) is 0. The fraction of sp³-hybridized carbons (Fsp3) is 0.600. The number of hydrogen-bond acceptors (Lipinski definition) is 0. The Bertz CT molecular complexity index is 144. The van der Waals surface area contributed by atoms with Gasteiger partial charge in [0, 0.05) is 0 Å². The lowest BCUT2D eigenvalue weighted by Gasteiger charge is -2.21. The number of allylic oxidation sites excluding steroid dienone is 2. The van der Waals surface area contributed by atoms with Gasteiger partial charge in [-0.15, -0.1) is 0 Å². The molecule has 0 aromatic heterocycles. The van der Waals surface area contributed by atoms with Gasteiger partial charge in [-0.05, 0) is 18.8 Å². The Morgan fingerprint density at radius 3 is 1.70 bits per heavy atom. The molecule has 0 bridgehead atoms. The minimum absolute atomic E-state index is 0.235. The van der Waals surface area contributed by atoms with Crippen molar-refractivity contribution in [3.63, 3.8) is 0 Å². The summed E-state index contributed by atoms with van der Waals surface area (Å²) in [7, 11) is 0. The van der Waals surface area contributed by atoms with Gasteiger partial charge in [-0.2, -0.15) is 0 Å². The van der Waals surface area contributed by atoms with Gasteiger partial charge < -0.3 is 0 Å². The van der Waals surface area contributed by atoms with Crippen molar-refractivity contribution < 1.29 is 0 Å². The largest absolute Gasteiger partial charge is 0.0998 e. The summed E-state index contributed by atoms with van der Waals surface area (Å²) in [6.45, 7) is 16.4. The summed E-state index contributed by atoms with van der Waals surface area (Å²) in [4.78, 5) is 0. The van der Waals surface area contributed by atoms with E-state index in [2.05, 4.69) is 33.9 Å². The van der Waals surface area contributed by atoms with E-state index < -0.39 is 0 Å². The molecule has 58 valence electrons. The van der Waals surface area contributed by atoms with Crippen LogP contribution >= 0.6 is 0 Å². The van der Waals surface area contributed by atoms with Crippen molar-refractivity contribution in [2.75, 3.05) is 0 Å². The van der Waals surface area contributed by atoms with Gasteiger partial charge in [-0.3, -0.25) is 0 Å². The Balaban J connectivity index is 3.99. The fourth-order valence-corrected chi connectivity index (χ4v) is 0.629. The smallest absolute Gasteiger partial charge is 0.0111 e. The van der Waals surface area contributed by atoms with Crippen LogP contribution in [0.15, 0.2) is 24.3 Å². The van der Waals surface area contributed by atoms with Crippen LogP contribution in [0, 0.1) is 5.41 Å². The molecule has 0 atom stereocenters. The van der Waals surface area contributed by atoms with Crippen molar-refractivity contribution >= 4 is 0 Å². The average molecular weight is 138 g/mol. The molecule has 0 spiro atoms. The zero-order chi connectivity index (χ0) is 8.36. The molecule has 0 aromatic rings. The fourth-order valence-electron chi connectivity index (χ4n) is 0.629. The quantitative estimate of drug-likeness (QED) is 0.512. The van der Waals surface area contributed by atoms with Crippen molar-refractivity contribution in [1.29, 1.82) is 0 Å². The molecule has 0 N–H and O–H groups in total. The molecule has 0 nitrogen and oxygen atoms in total. The van der Waals surface area contributed by atoms with Crippen LogP contribution in [0.1, 0.15) is 34.1 Å². The topological polar surface area (TPSA) is 0 Å². The van der Waals surface area contributed by atoms with E-state index in [1.54, 1.807) is 0 Å². The van der Waals surface area contributed by atoms with Crippen molar-refractivity contribution in [2.45, 2.75) is 34.1 Å². The molecule has 0 saturated heterocycles. The number of hydrogen-bond donors (Lipinski definition) is 0. The molecule has 0 aromatic carbocycles. The van der Waals surface area contributed by atoms with Crippen LogP contribution in [-0.4, -0.2) is 0 Å². The first kappa shape index (κ1) is 9.48. The van der Waals surface area contributed by atoms with E-state index in [0.29, 0.717) is 0 Å². The first-order chi connectivity index (χ1) is 4.34. The first-order valence-electron chi connectivity index (χ1n) is 3.66. The van der Waals surface area contributed by atoms with Crippen LogP contribution in [0.2, 0.25) is 0 Å². The van der Waals surface area contributed by atoms with Crippen molar-refractivity contribution in [3.05, 3.63) is 24.3 Å². The highest BCUT2D eigenvalue weighted by atomic mass is 14.2. The van der Waals surface area contributed by atoms with Gasteiger partial charge in [0.25, 0.3) is 0 Å². The maximum absolute atomic E-state index is 4.01. The van der Waals surface area contributed by atoms with Gasteiger partial charge in [0.05, 0.1) is 0 Å². The lowest BCUT2D eigenvalue weighted by atomic mass is 9.84. The minimum Gasteiger partial charge on any atom is -0.0998 e. The highest BCUT2D eigenvalue weighted by molar-refractivity contribution is 5.13. The predicted octanol–water partition coefficient (Wildman–Crippen LogP) is 3.55. The number of rotatable bonds is 2. The lowest BCUT2D eigenvalue weighted by Crippen LogP contribution is -2.08. The maximum atomic E-state index is 4.01. The van der Waals surface area contributed by atoms with Gasteiger partial charge in [0.1, 0.15) is 0 Å². The maximum Gasteiger partial charge on any atom is -0.0111 e. The Kier molecular flexibility index (Phi) is 2.89. The van der Waals surface area contributed by atoms with E-state index in [1.165, 1.54) is 11.1 Å². The SMILES string of the molecule is C=C(C)CC(=C)C(C)(C)C. The molecule has 0 aliphatic carbocycles. The lowest BCUT2D eigenvalue weighted by molar-refractivity contribution is 0.493. The molecule has 0 saturated carbocycles. The Hall–Kier alpha value is -0.520. The Morgan fingerprint density at radius 1 is 1.20 bits per heavy atom. The monoisotopic (exact) mass is 138 g/mol. The molecular formula is C10H18. The van der Waals surface area contributed by atoms with E-state index in [4.69, 9.17) is 0 Å². The van der Waals surface area contributed by atoms with Gasteiger partial charge in [0.2, 0.25) is 0 Å². The van der Waals surface area contributed by atoms with Gasteiger partial charge in [-0.25, -0.2) is 0 Å². The zero-order valence-corrected chi connectivity index (χ0v) is 7.62. The second kappa shape index (κ2) is 3.05. The molecule has 10 heavy (non-hydrogen) atoms. The molecular weight excluding hydrogens is 120 g/mol. The molecule has 0 amide bonds. The summed E-state index contributed by atoms with van der Waals surface area (Å²) in [5.74, 6) is 0. The molecule has 0 aliphatic heterocycles. The van der Waals surface area contributed by atoms with E-state index in [9.17, 15) is 0 Å². The Labute approximate surface area is 64.6 Å². The van der Waals surface area contributed by atoms with Gasteiger partial charge in [0.15, 0.2) is 0 Å². The van der Waals surface area contributed by atoms with Crippen molar-refractivity contribution in [1.82, 2.24) is 0 Å². The van der Waals surface area contributed by atoms with Gasteiger partial charge in [-0.1, -0.05) is 45.1 Å². The average Bonchev–Trinajstić information content (AvgIpc) is 1.60. The molecule has 0 radical (unpaired) electrons. The highest BCUT2D eigenvalue weighted by Crippen LogP contribution is 2.27. The van der Waals surface area contributed by atoms with Crippen LogP contribution in [0.5, 0.6) is 0 Å². The first-order valence-corrected chi connectivity index (χ1v) is 3.66. The zero-order valence-electron chi connectivity index (χ0n) is 7.62. The summed E-state index contributed by atoms with van der Waals surface area (Å²) >= 11 is 0. The predicted molar refractivity (Wildman–Crippen MR) is 48.0 cm³/mol. The van der Waals surface area contributed by atoms with Crippen LogP contribution < -0.4 is 0 Å². The third kappa shape index (κ3) is 3.49. The molecule has 0 rings (SSSR count). The Morgan fingerprint density at radius 2 is 1.60 bits per heavy atom. The minimum atomic E-state index is 0.235. The molecule has 0 fully saturated rings. The van der Waals surface area contributed by atoms with Crippen LogP contribution in [0.25, 0.3) is 0 Å². The standard InChI is InChI=1S/C10H18/c1-8(2)7-9(3)10(4,5)6/h1,3,7H2,2,4-6H3. The second-order valence-electron chi connectivity index (χ2n) is 3.99. The van der Waals surface area contributed by atoms with E-state index in [0.717, 1.165) is 6.42 Å². The molecule has 0 unspecified atom stereocenters. The summed E-state index contributed by atoms with van der Waals surface area (Å²) in [6, 6.07) is 0. The summed E-state index contributed by atoms with van der Waals surface area (Å²) < 4.78 is 0. The van der Waals surface area contributed by atoms with E-state index >= 15 is 0 Å². The van der Waals surface area contributed by atoms with Crippen LogP contribution in [-0.2, 0) is 0 Å². The van der Waals surface area contributed by atoms with Crippen LogP contribution in [0.4, 0.5) is 0 Å². The van der Waals surface area contributed by atoms with Gasteiger partial charge >= 0.3 is 0 Å². The van der Waals surface area contributed by atoms with E-state index in [-0.39, 0.29) is 5.41 Å².